The molecule has 3 aromatic rings. The van der Waals surface area contributed by atoms with Gasteiger partial charge in [0.05, 0.1) is 0 Å². The van der Waals surface area contributed by atoms with E-state index in [1.807, 2.05) is 19.9 Å². The number of allylic oxidation sites excluding steroid dienone is 1. The molecule has 0 N–H and O–H groups in total. The quantitative estimate of drug-likeness (QED) is 0.138. The van der Waals surface area contributed by atoms with Gasteiger partial charge in [-0.3, -0.25) is 0 Å². The molecule has 0 spiro atoms. The molecule has 0 aliphatic rings. The SMILES string of the molecule is CCOC(/C=C(Sc1ccccc1)/C(=C/c1ccccc1)[Se]c1ccccc1)OCC. The summed E-state index contributed by atoms with van der Waals surface area (Å²) in [5, 5.41) is 0. The van der Waals surface area contributed by atoms with Gasteiger partial charge < -0.3 is 0 Å². The fourth-order valence-corrected chi connectivity index (χ4v) is 6.12. The number of rotatable bonds is 11. The Bertz CT molecular complexity index is 950. The Labute approximate surface area is 196 Å². The van der Waals surface area contributed by atoms with Crippen LogP contribution in [-0.4, -0.2) is 34.5 Å². The molecule has 0 heterocycles. The molecule has 0 aromatic heterocycles. The van der Waals surface area contributed by atoms with Crippen LogP contribution in [-0.2, 0) is 9.47 Å². The maximum atomic E-state index is 5.87. The van der Waals surface area contributed by atoms with E-state index in [4.69, 9.17) is 9.47 Å². The van der Waals surface area contributed by atoms with Crippen LogP contribution >= 0.6 is 11.8 Å². The average molecular weight is 496 g/mol. The summed E-state index contributed by atoms with van der Waals surface area (Å²) in [7, 11) is 0. The Balaban J connectivity index is 2.04. The van der Waals surface area contributed by atoms with E-state index in [0.29, 0.717) is 13.2 Å². The van der Waals surface area contributed by atoms with Crippen molar-refractivity contribution in [3.63, 3.8) is 0 Å². The van der Waals surface area contributed by atoms with Gasteiger partial charge in [-0.05, 0) is 0 Å². The Morgan fingerprint density at radius 2 is 1.35 bits per heavy atom. The van der Waals surface area contributed by atoms with E-state index >= 15 is 0 Å². The molecule has 2 nitrogen and oxygen atoms in total. The fraction of sp³-hybridized carbons (Fsp3) is 0.185. The van der Waals surface area contributed by atoms with Crippen LogP contribution in [0.2, 0.25) is 0 Å². The van der Waals surface area contributed by atoms with Gasteiger partial charge in [-0.2, -0.15) is 0 Å². The molecule has 0 saturated carbocycles. The maximum absolute atomic E-state index is 5.87. The number of hydrogen-bond donors (Lipinski definition) is 0. The fourth-order valence-electron chi connectivity index (χ4n) is 2.85. The molecule has 3 rings (SSSR count). The molecule has 0 fully saturated rings. The molecule has 0 amide bonds. The second-order valence-electron chi connectivity index (χ2n) is 6.56. The number of hydrogen-bond acceptors (Lipinski definition) is 3. The van der Waals surface area contributed by atoms with Crippen LogP contribution in [0.5, 0.6) is 0 Å². The predicted molar refractivity (Wildman–Crippen MR) is 134 cm³/mol. The topological polar surface area (TPSA) is 18.5 Å². The number of thioether (sulfide) groups is 1. The Morgan fingerprint density at radius 3 is 1.94 bits per heavy atom. The Hall–Kier alpha value is -2.07. The van der Waals surface area contributed by atoms with E-state index in [9.17, 15) is 0 Å². The zero-order valence-electron chi connectivity index (χ0n) is 17.9. The van der Waals surface area contributed by atoms with Crippen molar-refractivity contribution in [2.24, 2.45) is 0 Å². The minimum absolute atomic E-state index is 0.133. The molecule has 0 unspecified atom stereocenters. The molecular formula is C27H28O2SSe. The van der Waals surface area contributed by atoms with Crippen molar-refractivity contribution in [2.75, 3.05) is 13.2 Å². The van der Waals surface area contributed by atoms with Crippen molar-refractivity contribution in [3.05, 3.63) is 112 Å². The van der Waals surface area contributed by atoms with Crippen LogP contribution in [0.15, 0.2) is 111 Å². The van der Waals surface area contributed by atoms with Crippen LogP contribution in [0.1, 0.15) is 19.4 Å². The number of ether oxygens (including phenoxy) is 2. The first kappa shape index (κ1) is 23.6. The molecule has 0 aliphatic carbocycles. The summed E-state index contributed by atoms with van der Waals surface area (Å²) in [6.07, 6.45) is 4.06. The third-order valence-corrected chi connectivity index (χ3v) is 7.84. The average Bonchev–Trinajstić information content (AvgIpc) is 2.81. The van der Waals surface area contributed by atoms with Crippen LogP contribution in [0, 0.1) is 0 Å². The van der Waals surface area contributed by atoms with Crippen molar-refractivity contribution < 1.29 is 9.47 Å². The standard InChI is InChI=1S/C27H28O2SSe/c1-3-28-27(29-4-2)21-25(30-23-16-10-6-11-17-23)26(20-22-14-8-5-9-15-22)31-24-18-12-7-13-19-24/h5-21,27H,3-4H2,1-2H3/b25-21-,26-20-. The van der Waals surface area contributed by atoms with Gasteiger partial charge in [-0.25, -0.2) is 0 Å². The third kappa shape index (κ3) is 8.17. The van der Waals surface area contributed by atoms with E-state index in [-0.39, 0.29) is 21.2 Å². The van der Waals surface area contributed by atoms with E-state index in [1.54, 1.807) is 11.8 Å². The summed E-state index contributed by atoms with van der Waals surface area (Å²) in [6.45, 7) is 5.20. The Morgan fingerprint density at radius 1 is 0.806 bits per heavy atom. The van der Waals surface area contributed by atoms with Crippen LogP contribution in [0.25, 0.3) is 6.08 Å². The Kier molecular flexibility index (Phi) is 10.2. The van der Waals surface area contributed by atoms with Gasteiger partial charge in [0, 0.05) is 0 Å². The van der Waals surface area contributed by atoms with Gasteiger partial charge in [0.15, 0.2) is 0 Å². The van der Waals surface area contributed by atoms with Crippen LogP contribution < -0.4 is 4.46 Å². The van der Waals surface area contributed by atoms with Crippen molar-refractivity contribution in [1.82, 2.24) is 0 Å². The molecular weight excluding hydrogens is 467 g/mol. The second kappa shape index (κ2) is 13.4. The summed E-state index contributed by atoms with van der Waals surface area (Å²) in [6, 6.07) is 31.7. The first-order valence-corrected chi connectivity index (χ1v) is 13.0. The molecule has 0 saturated heterocycles. The molecule has 31 heavy (non-hydrogen) atoms. The normalized spacial score (nSPS) is 12.4. The van der Waals surface area contributed by atoms with E-state index in [1.165, 1.54) is 24.3 Å². The number of benzene rings is 3. The van der Waals surface area contributed by atoms with Crippen LogP contribution in [0.3, 0.4) is 0 Å². The van der Waals surface area contributed by atoms with E-state index in [0.717, 1.165) is 0 Å². The summed E-state index contributed by atoms with van der Waals surface area (Å²) in [5.41, 5.74) is 1.19. The van der Waals surface area contributed by atoms with Crippen LogP contribution in [0.4, 0.5) is 0 Å². The first-order chi connectivity index (χ1) is 15.3. The summed E-state index contributed by atoms with van der Waals surface area (Å²) in [4.78, 5) is 2.37. The molecule has 4 heteroatoms. The molecule has 0 atom stereocenters. The first-order valence-electron chi connectivity index (χ1n) is 10.5. The zero-order chi connectivity index (χ0) is 21.7. The molecule has 0 aliphatic heterocycles. The molecule has 3 aromatic carbocycles. The third-order valence-electron chi connectivity index (χ3n) is 4.23. The second-order valence-corrected chi connectivity index (χ2v) is 10.0. The van der Waals surface area contributed by atoms with Crippen molar-refractivity contribution in [3.8, 4) is 0 Å². The van der Waals surface area contributed by atoms with Gasteiger partial charge in [0.25, 0.3) is 0 Å². The zero-order valence-corrected chi connectivity index (χ0v) is 20.5. The van der Waals surface area contributed by atoms with Gasteiger partial charge in [0.2, 0.25) is 0 Å². The molecule has 0 radical (unpaired) electrons. The van der Waals surface area contributed by atoms with Gasteiger partial charge in [0.1, 0.15) is 0 Å². The van der Waals surface area contributed by atoms with Gasteiger partial charge >= 0.3 is 197 Å². The van der Waals surface area contributed by atoms with Crippen molar-refractivity contribution in [1.29, 1.82) is 0 Å². The van der Waals surface area contributed by atoms with Crippen molar-refractivity contribution in [2.45, 2.75) is 25.0 Å². The van der Waals surface area contributed by atoms with Gasteiger partial charge in [-0.15, -0.1) is 0 Å². The van der Waals surface area contributed by atoms with E-state index < -0.39 is 0 Å². The monoisotopic (exact) mass is 496 g/mol. The minimum atomic E-state index is -0.369. The predicted octanol–water partition coefficient (Wildman–Crippen LogP) is 6.13. The summed E-state index contributed by atoms with van der Waals surface area (Å²) < 4.78 is 14.4. The van der Waals surface area contributed by atoms with E-state index in [2.05, 4.69) is 97.1 Å². The van der Waals surface area contributed by atoms with Crippen molar-refractivity contribution >= 4 is 37.3 Å². The molecule has 0 bridgehead atoms. The summed E-state index contributed by atoms with van der Waals surface area (Å²) in [5.74, 6) is 0. The van der Waals surface area contributed by atoms with Gasteiger partial charge in [-0.1, -0.05) is 0 Å². The summed E-state index contributed by atoms with van der Waals surface area (Å²) >= 11 is 1.90. The molecule has 160 valence electrons.